The van der Waals surface area contributed by atoms with Gasteiger partial charge in [-0.2, -0.15) is 0 Å². The Labute approximate surface area is 139 Å². The molecule has 1 aliphatic rings. The van der Waals surface area contributed by atoms with E-state index in [9.17, 15) is 9.59 Å². The summed E-state index contributed by atoms with van der Waals surface area (Å²) < 4.78 is 10.6. The van der Waals surface area contributed by atoms with Gasteiger partial charge in [0.1, 0.15) is 12.4 Å². The van der Waals surface area contributed by atoms with Crippen LogP contribution < -0.4 is 10.1 Å². The van der Waals surface area contributed by atoms with Crippen molar-refractivity contribution in [1.82, 2.24) is 0 Å². The molecule has 24 heavy (non-hydrogen) atoms. The highest BCUT2D eigenvalue weighted by Crippen LogP contribution is 2.26. The van der Waals surface area contributed by atoms with Crippen LogP contribution in [0.15, 0.2) is 54.1 Å². The number of para-hydroxylation sites is 2. The highest BCUT2D eigenvalue weighted by atomic mass is 16.5. The van der Waals surface area contributed by atoms with Crippen molar-refractivity contribution in [1.29, 1.82) is 0 Å². The first kappa shape index (κ1) is 15.8. The van der Waals surface area contributed by atoms with Gasteiger partial charge in [-0.15, -0.1) is 0 Å². The lowest BCUT2D eigenvalue weighted by Gasteiger charge is -2.17. The number of esters is 1. The molecule has 0 radical (unpaired) electrons. The Kier molecular flexibility index (Phi) is 4.61. The number of nitrogens with one attached hydrogen (secondary N) is 1. The molecule has 1 N–H and O–H groups in total. The van der Waals surface area contributed by atoms with Gasteiger partial charge in [0.15, 0.2) is 6.61 Å². The van der Waals surface area contributed by atoms with Crippen LogP contribution in [-0.2, 0) is 14.3 Å². The third-order valence-electron chi connectivity index (χ3n) is 3.65. The summed E-state index contributed by atoms with van der Waals surface area (Å²) in [6.07, 6.45) is 1.72. The average molecular weight is 323 g/mol. The van der Waals surface area contributed by atoms with Crippen molar-refractivity contribution in [2.24, 2.45) is 0 Å². The topological polar surface area (TPSA) is 64.6 Å². The second kappa shape index (κ2) is 7.00. The zero-order chi connectivity index (χ0) is 16.9. The third-order valence-corrected chi connectivity index (χ3v) is 3.65. The van der Waals surface area contributed by atoms with Crippen LogP contribution in [0.5, 0.6) is 5.75 Å². The van der Waals surface area contributed by atoms with Crippen LogP contribution in [0.4, 0.5) is 5.69 Å². The first-order valence-corrected chi connectivity index (χ1v) is 7.58. The van der Waals surface area contributed by atoms with Gasteiger partial charge in [-0.25, -0.2) is 4.79 Å². The third kappa shape index (κ3) is 3.63. The maximum Gasteiger partial charge on any atom is 0.338 e. The predicted molar refractivity (Wildman–Crippen MR) is 90.7 cm³/mol. The van der Waals surface area contributed by atoms with Gasteiger partial charge < -0.3 is 14.8 Å². The molecule has 1 heterocycles. The fourth-order valence-electron chi connectivity index (χ4n) is 2.36. The van der Waals surface area contributed by atoms with Crippen molar-refractivity contribution in [3.8, 4) is 5.75 Å². The van der Waals surface area contributed by atoms with Crippen LogP contribution in [-0.4, -0.2) is 25.1 Å². The minimum absolute atomic E-state index is 0.134. The van der Waals surface area contributed by atoms with Crippen molar-refractivity contribution in [2.45, 2.75) is 6.92 Å². The maximum absolute atomic E-state index is 12.1. The second-order valence-electron chi connectivity index (χ2n) is 5.44. The molecular weight excluding hydrogens is 306 g/mol. The number of benzene rings is 2. The number of aryl methyl sites for hydroxylation is 1. The van der Waals surface area contributed by atoms with Crippen molar-refractivity contribution >= 4 is 23.6 Å². The minimum Gasteiger partial charge on any atom is -0.488 e. The number of fused-ring (bicyclic) bond motifs is 1. The molecule has 0 aromatic heterocycles. The molecule has 2 aromatic rings. The Morgan fingerprint density at radius 1 is 1.12 bits per heavy atom. The molecule has 0 saturated heterocycles. The van der Waals surface area contributed by atoms with Crippen molar-refractivity contribution in [3.63, 3.8) is 0 Å². The quantitative estimate of drug-likeness (QED) is 0.879. The van der Waals surface area contributed by atoms with E-state index in [2.05, 4.69) is 5.32 Å². The van der Waals surface area contributed by atoms with Gasteiger partial charge in [0, 0.05) is 11.3 Å². The molecule has 0 bridgehead atoms. The van der Waals surface area contributed by atoms with E-state index in [1.165, 1.54) is 0 Å². The lowest BCUT2D eigenvalue weighted by Crippen LogP contribution is -2.24. The zero-order valence-corrected chi connectivity index (χ0v) is 13.2. The van der Waals surface area contributed by atoms with Crippen LogP contribution >= 0.6 is 0 Å². The van der Waals surface area contributed by atoms with Gasteiger partial charge in [0.05, 0.1) is 5.57 Å². The molecule has 5 heteroatoms. The van der Waals surface area contributed by atoms with Crippen LogP contribution in [0.3, 0.4) is 0 Å². The molecular formula is C19H17NO4. The largest absolute Gasteiger partial charge is 0.488 e. The normalized spacial score (nSPS) is 12.5. The molecule has 0 atom stereocenters. The van der Waals surface area contributed by atoms with E-state index < -0.39 is 5.97 Å². The van der Waals surface area contributed by atoms with Crippen molar-refractivity contribution in [3.05, 3.63) is 65.2 Å². The van der Waals surface area contributed by atoms with E-state index in [-0.39, 0.29) is 19.1 Å². The number of carbonyl (C=O) groups excluding carboxylic acids is 2. The SMILES string of the molecule is Cc1ccccc1NC(=O)COC(=O)C1=Cc2ccccc2OC1. The highest BCUT2D eigenvalue weighted by molar-refractivity contribution is 5.98. The molecule has 1 aliphatic heterocycles. The highest BCUT2D eigenvalue weighted by Gasteiger charge is 2.19. The van der Waals surface area contributed by atoms with Gasteiger partial charge in [0.2, 0.25) is 0 Å². The Morgan fingerprint density at radius 2 is 1.88 bits per heavy atom. The Balaban J connectivity index is 1.57. The summed E-state index contributed by atoms with van der Waals surface area (Å²) in [4.78, 5) is 24.0. The van der Waals surface area contributed by atoms with Gasteiger partial charge in [-0.3, -0.25) is 4.79 Å². The monoisotopic (exact) mass is 323 g/mol. The predicted octanol–water partition coefficient (Wildman–Crippen LogP) is 2.95. The van der Waals surface area contributed by atoms with Crippen molar-refractivity contribution < 1.29 is 19.1 Å². The molecule has 0 aliphatic carbocycles. The van der Waals surface area contributed by atoms with E-state index >= 15 is 0 Å². The number of carbonyl (C=O) groups is 2. The number of hydrogen-bond donors (Lipinski definition) is 1. The average Bonchev–Trinajstić information content (AvgIpc) is 2.61. The van der Waals surface area contributed by atoms with Crippen LogP contribution in [0.25, 0.3) is 6.08 Å². The number of hydrogen-bond acceptors (Lipinski definition) is 4. The second-order valence-corrected chi connectivity index (χ2v) is 5.44. The summed E-state index contributed by atoms with van der Waals surface area (Å²) in [6.45, 7) is 1.69. The van der Waals surface area contributed by atoms with E-state index in [1.807, 2.05) is 49.4 Å². The zero-order valence-electron chi connectivity index (χ0n) is 13.2. The lowest BCUT2D eigenvalue weighted by atomic mass is 10.1. The van der Waals surface area contributed by atoms with E-state index in [0.717, 1.165) is 16.9 Å². The number of anilines is 1. The smallest absolute Gasteiger partial charge is 0.338 e. The molecule has 2 aromatic carbocycles. The number of rotatable bonds is 4. The standard InChI is InChI=1S/C19H17NO4/c1-13-6-2-4-8-16(13)20-18(21)12-24-19(22)15-10-14-7-3-5-9-17(14)23-11-15/h2-10H,11-12H2,1H3,(H,20,21). The summed E-state index contributed by atoms with van der Waals surface area (Å²) in [7, 11) is 0. The Hall–Kier alpha value is -3.08. The summed E-state index contributed by atoms with van der Waals surface area (Å²) in [5, 5.41) is 2.72. The molecule has 0 fully saturated rings. The summed E-state index contributed by atoms with van der Waals surface area (Å²) in [5.74, 6) is -0.203. The lowest BCUT2D eigenvalue weighted by molar-refractivity contribution is -0.143. The summed E-state index contributed by atoms with van der Waals surface area (Å²) in [6, 6.07) is 14.8. The first-order chi connectivity index (χ1) is 11.6. The maximum atomic E-state index is 12.1. The number of amides is 1. The van der Waals surface area contributed by atoms with E-state index in [1.54, 1.807) is 12.1 Å². The molecule has 0 spiro atoms. The van der Waals surface area contributed by atoms with Gasteiger partial charge in [0.25, 0.3) is 5.91 Å². The van der Waals surface area contributed by atoms with Gasteiger partial charge in [-0.05, 0) is 30.7 Å². The van der Waals surface area contributed by atoms with Gasteiger partial charge >= 0.3 is 5.97 Å². The van der Waals surface area contributed by atoms with E-state index in [4.69, 9.17) is 9.47 Å². The van der Waals surface area contributed by atoms with Gasteiger partial charge in [-0.1, -0.05) is 36.4 Å². The van der Waals surface area contributed by atoms with Crippen molar-refractivity contribution in [2.75, 3.05) is 18.5 Å². The fourth-order valence-corrected chi connectivity index (χ4v) is 2.36. The summed E-state index contributed by atoms with van der Waals surface area (Å²) in [5.41, 5.74) is 2.85. The number of ether oxygens (including phenoxy) is 2. The fraction of sp³-hybridized carbons (Fsp3) is 0.158. The van der Waals surface area contributed by atoms with Crippen LogP contribution in [0.2, 0.25) is 0 Å². The van der Waals surface area contributed by atoms with E-state index in [0.29, 0.717) is 11.3 Å². The Morgan fingerprint density at radius 3 is 2.71 bits per heavy atom. The van der Waals surface area contributed by atoms with Crippen LogP contribution in [0, 0.1) is 6.92 Å². The molecule has 122 valence electrons. The molecule has 3 rings (SSSR count). The summed E-state index contributed by atoms with van der Waals surface area (Å²) >= 11 is 0. The minimum atomic E-state index is -0.551. The molecule has 1 amide bonds. The van der Waals surface area contributed by atoms with Crippen LogP contribution in [0.1, 0.15) is 11.1 Å². The molecule has 0 saturated carbocycles. The molecule has 0 unspecified atom stereocenters. The first-order valence-electron chi connectivity index (χ1n) is 7.58. The molecule has 5 nitrogen and oxygen atoms in total. The Bertz CT molecular complexity index is 811.